The van der Waals surface area contributed by atoms with Crippen LogP contribution in [-0.4, -0.2) is 5.97 Å². The van der Waals surface area contributed by atoms with Gasteiger partial charge in [0.25, 0.3) is 0 Å². The van der Waals surface area contributed by atoms with Crippen molar-refractivity contribution in [1.29, 1.82) is 0 Å². The Labute approximate surface area is 141 Å². The molecule has 0 N–H and O–H groups in total. The van der Waals surface area contributed by atoms with Gasteiger partial charge in [-0.05, 0) is 36.8 Å². The number of carbonyl (C=O) groups excluding carboxylic acids is 1. The van der Waals surface area contributed by atoms with Crippen LogP contribution in [0.2, 0.25) is 0 Å². The fourth-order valence-corrected chi connectivity index (χ4v) is 3.55. The smallest absolute Gasteiger partial charge is 0.311 e. The summed E-state index contributed by atoms with van der Waals surface area (Å²) in [5, 5.41) is 0. The van der Waals surface area contributed by atoms with E-state index in [2.05, 4.69) is 19.1 Å². The second kappa shape index (κ2) is 10.5. The van der Waals surface area contributed by atoms with E-state index < -0.39 is 0 Å². The lowest BCUT2D eigenvalue weighted by Crippen LogP contribution is -2.12. The molecule has 1 saturated carbocycles. The van der Waals surface area contributed by atoms with Gasteiger partial charge >= 0.3 is 5.97 Å². The minimum Gasteiger partial charge on any atom is -0.426 e. The molecule has 0 unspecified atom stereocenters. The van der Waals surface area contributed by atoms with E-state index in [-0.39, 0.29) is 5.97 Å². The Morgan fingerprint density at radius 3 is 2.48 bits per heavy atom. The highest BCUT2D eigenvalue weighted by Crippen LogP contribution is 2.37. The third kappa shape index (κ3) is 6.37. The van der Waals surface area contributed by atoms with E-state index in [4.69, 9.17) is 4.74 Å². The molecule has 23 heavy (non-hydrogen) atoms. The van der Waals surface area contributed by atoms with Crippen molar-refractivity contribution in [3.63, 3.8) is 0 Å². The van der Waals surface area contributed by atoms with E-state index in [1.807, 2.05) is 12.1 Å². The molecule has 0 heterocycles. The van der Waals surface area contributed by atoms with Gasteiger partial charge in [0.05, 0.1) is 0 Å². The summed E-state index contributed by atoms with van der Waals surface area (Å²) in [6, 6.07) is 8.14. The van der Waals surface area contributed by atoms with Gasteiger partial charge in [0.1, 0.15) is 5.75 Å². The van der Waals surface area contributed by atoms with E-state index in [0.29, 0.717) is 12.3 Å². The van der Waals surface area contributed by atoms with Crippen LogP contribution in [0.1, 0.15) is 95.5 Å². The van der Waals surface area contributed by atoms with Crippen molar-refractivity contribution >= 4 is 5.97 Å². The van der Waals surface area contributed by atoms with Gasteiger partial charge in [0.2, 0.25) is 0 Å². The lowest BCUT2D eigenvalue weighted by atomic mass is 9.84. The van der Waals surface area contributed by atoms with Crippen LogP contribution in [0.15, 0.2) is 24.3 Å². The SMILES string of the molecule is CCCCCCCCC(=O)Oc1ccccc1C1CCCCC1. The first-order valence-electron chi connectivity index (χ1n) is 9.61. The van der Waals surface area contributed by atoms with Crippen LogP contribution in [0.4, 0.5) is 0 Å². The number of hydrogen-bond acceptors (Lipinski definition) is 2. The van der Waals surface area contributed by atoms with E-state index >= 15 is 0 Å². The van der Waals surface area contributed by atoms with Gasteiger partial charge in [-0.2, -0.15) is 0 Å². The maximum absolute atomic E-state index is 12.1. The first-order chi connectivity index (χ1) is 11.3. The van der Waals surface area contributed by atoms with Crippen molar-refractivity contribution in [2.24, 2.45) is 0 Å². The monoisotopic (exact) mass is 316 g/mol. The molecule has 1 aromatic rings. The van der Waals surface area contributed by atoms with Gasteiger partial charge in [-0.25, -0.2) is 0 Å². The minimum absolute atomic E-state index is 0.0660. The zero-order valence-corrected chi connectivity index (χ0v) is 14.7. The second-order valence-electron chi connectivity index (χ2n) is 6.86. The van der Waals surface area contributed by atoms with E-state index in [9.17, 15) is 4.79 Å². The Morgan fingerprint density at radius 2 is 1.70 bits per heavy atom. The maximum atomic E-state index is 12.1. The number of hydrogen-bond donors (Lipinski definition) is 0. The number of ether oxygens (including phenoxy) is 1. The van der Waals surface area contributed by atoms with Gasteiger partial charge in [0, 0.05) is 6.42 Å². The van der Waals surface area contributed by atoms with Crippen LogP contribution in [0.25, 0.3) is 0 Å². The molecule has 128 valence electrons. The molecule has 2 heteroatoms. The molecule has 0 amide bonds. The van der Waals surface area contributed by atoms with Gasteiger partial charge < -0.3 is 4.74 Å². The average molecular weight is 316 g/mol. The van der Waals surface area contributed by atoms with Crippen LogP contribution in [0, 0.1) is 0 Å². The van der Waals surface area contributed by atoms with E-state index in [1.165, 1.54) is 63.4 Å². The van der Waals surface area contributed by atoms with Crippen LogP contribution >= 0.6 is 0 Å². The Kier molecular flexibility index (Phi) is 8.20. The topological polar surface area (TPSA) is 26.3 Å². The quantitative estimate of drug-likeness (QED) is 0.300. The number of rotatable bonds is 9. The molecule has 0 aromatic heterocycles. The van der Waals surface area contributed by atoms with Crippen LogP contribution in [0.5, 0.6) is 5.75 Å². The molecule has 1 aliphatic rings. The molecule has 1 aliphatic carbocycles. The molecule has 0 atom stereocenters. The molecule has 2 rings (SSSR count). The van der Waals surface area contributed by atoms with Gasteiger partial charge in [-0.15, -0.1) is 0 Å². The highest BCUT2D eigenvalue weighted by molar-refractivity contribution is 5.72. The molecule has 0 spiro atoms. The number of carbonyl (C=O) groups is 1. The minimum atomic E-state index is -0.0660. The number of esters is 1. The van der Waals surface area contributed by atoms with Crippen molar-refractivity contribution in [1.82, 2.24) is 0 Å². The van der Waals surface area contributed by atoms with Crippen molar-refractivity contribution in [2.75, 3.05) is 0 Å². The van der Waals surface area contributed by atoms with Gasteiger partial charge in [-0.3, -0.25) is 4.79 Å². The molecular formula is C21H32O2. The largest absolute Gasteiger partial charge is 0.426 e. The fraction of sp³-hybridized carbons (Fsp3) is 0.667. The highest BCUT2D eigenvalue weighted by Gasteiger charge is 2.20. The lowest BCUT2D eigenvalue weighted by molar-refractivity contribution is -0.134. The Bertz CT molecular complexity index is 461. The highest BCUT2D eigenvalue weighted by atomic mass is 16.5. The predicted octanol–water partition coefficient (Wildman–Crippen LogP) is 6.39. The zero-order valence-electron chi connectivity index (χ0n) is 14.7. The number of benzene rings is 1. The standard InChI is InChI=1S/C21H32O2/c1-2-3-4-5-6-10-17-21(22)23-20-16-12-11-15-19(20)18-13-8-7-9-14-18/h11-12,15-16,18H,2-10,13-14,17H2,1H3. The summed E-state index contributed by atoms with van der Waals surface area (Å²) in [6.45, 7) is 2.22. The third-order valence-corrected chi connectivity index (χ3v) is 4.92. The summed E-state index contributed by atoms with van der Waals surface area (Å²) >= 11 is 0. The molecule has 0 radical (unpaired) electrons. The molecule has 1 aromatic carbocycles. The molecule has 1 fully saturated rings. The summed E-state index contributed by atoms with van der Waals surface area (Å²) in [5.74, 6) is 1.31. The van der Waals surface area contributed by atoms with Gasteiger partial charge in [0.15, 0.2) is 0 Å². The number of unbranched alkanes of at least 4 members (excludes halogenated alkanes) is 5. The molecule has 2 nitrogen and oxygen atoms in total. The Morgan fingerprint density at radius 1 is 1.00 bits per heavy atom. The Balaban J connectivity index is 1.79. The fourth-order valence-electron chi connectivity index (χ4n) is 3.55. The summed E-state index contributed by atoms with van der Waals surface area (Å²) in [6.07, 6.45) is 14.1. The van der Waals surface area contributed by atoms with E-state index in [0.717, 1.165) is 18.6 Å². The second-order valence-corrected chi connectivity index (χ2v) is 6.86. The average Bonchev–Trinajstić information content (AvgIpc) is 2.59. The predicted molar refractivity (Wildman–Crippen MR) is 95.9 cm³/mol. The van der Waals surface area contributed by atoms with Crippen LogP contribution in [-0.2, 0) is 4.79 Å². The summed E-state index contributed by atoms with van der Waals surface area (Å²) in [5.41, 5.74) is 1.24. The normalized spacial score (nSPS) is 15.5. The summed E-state index contributed by atoms with van der Waals surface area (Å²) < 4.78 is 5.69. The van der Waals surface area contributed by atoms with Crippen LogP contribution in [0.3, 0.4) is 0 Å². The van der Waals surface area contributed by atoms with Crippen molar-refractivity contribution in [3.8, 4) is 5.75 Å². The van der Waals surface area contributed by atoms with Crippen molar-refractivity contribution in [3.05, 3.63) is 29.8 Å². The van der Waals surface area contributed by atoms with Gasteiger partial charge in [-0.1, -0.05) is 76.5 Å². The first kappa shape index (κ1) is 18.0. The zero-order chi connectivity index (χ0) is 16.3. The third-order valence-electron chi connectivity index (χ3n) is 4.92. The summed E-state index contributed by atoms with van der Waals surface area (Å²) in [7, 11) is 0. The molecule has 0 bridgehead atoms. The Hall–Kier alpha value is -1.31. The van der Waals surface area contributed by atoms with E-state index in [1.54, 1.807) is 0 Å². The molecular weight excluding hydrogens is 284 g/mol. The molecule has 0 aliphatic heterocycles. The first-order valence-corrected chi connectivity index (χ1v) is 9.61. The number of para-hydroxylation sites is 1. The van der Waals surface area contributed by atoms with Crippen molar-refractivity contribution < 1.29 is 9.53 Å². The maximum Gasteiger partial charge on any atom is 0.311 e. The van der Waals surface area contributed by atoms with Crippen LogP contribution < -0.4 is 4.74 Å². The lowest BCUT2D eigenvalue weighted by Gasteiger charge is -2.23. The molecule has 0 saturated heterocycles. The van der Waals surface area contributed by atoms with Crippen molar-refractivity contribution in [2.45, 2.75) is 89.9 Å². The summed E-state index contributed by atoms with van der Waals surface area (Å²) in [4.78, 5) is 12.1.